The van der Waals surface area contributed by atoms with Gasteiger partial charge in [-0.25, -0.2) is 8.42 Å². The molecule has 1 aromatic rings. The minimum atomic E-state index is -2.94. The molecule has 1 saturated heterocycles. The monoisotopic (exact) mass is 404 g/mol. The van der Waals surface area contributed by atoms with Crippen LogP contribution in [0.2, 0.25) is 0 Å². The van der Waals surface area contributed by atoms with Crippen molar-refractivity contribution in [1.29, 1.82) is 0 Å². The maximum atomic E-state index is 13.0. The molecule has 28 heavy (non-hydrogen) atoms. The SMILES string of the molecule is O=C(CC1(N2Cc3ccccc3C2=O)CCCCC1)NCC1CCS(=O)(=O)C1. The molecule has 0 radical (unpaired) electrons. The lowest BCUT2D eigenvalue weighted by Gasteiger charge is -2.44. The van der Waals surface area contributed by atoms with Gasteiger partial charge in [-0.3, -0.25) is 9.59 Å². The van der Waals surface area contributed by atoms with Crippen LogP contribution in [-0.4, -0.2) is 48.7 Å². The van der Waals surface area contributed by atoms with Crippen LogP contribution < -0.4 is 5.32 Å². The molecule has 1 saturated carbocycles. The summed E-state index contributed by atoms with van der Waals surface area (Å²) in [7, 11) is -2.94. The molecule has 3 aliphatic rings. The Kier molecular flexibility index (Phi) is 5.21. The van der Waals surface area contributed by atoms with Crippen molar-refractivity contribution in [2.45, 2.75) is 57.0 Å². The number of amides is 2. The van der Waals surface area contributed by atoms with E-state index >= 15 is 0 Å². The number of nitrogens with one attached hydrogen (secondary N) is 1. The molecule has 152 valence electrons. The number of nitrogens with zero attached hydrogens (tertiary/aromatic N) is 1. The smallest absolute Gasteiger partial charge is 0.254 e. The molecular weight excluding hydrogens is 376 g/mol. The molecule has 0 aromatic heterocycles. The molecule has 1 N–H and O–H groups in total. The van der Waals surface area contributed by atoms with E-state index in [1.54, 1.807) is 0 Å². The van der Waals surface area contributed by atoms with Crippen LogP contribution in [0.15, 0.2) is 24.3 Å². The molecule has 2 heterocycles. The van der Waals surface area contributed by atoms with Gasteiger partial charge in [0.05, 0.1) is 17.0 Å². The van der Waals surface area contributed by atoms with Crippen LogP contribution >= 0.6 is 0 Å². The van der Waals surface area contributed by atoms with Gasteiger partial charge in [0.15, 0.2) is 9.84 Å². The number of hydrogen-bond donors (Lipinski definition) is 1. The largest absolute Gasteiger partial charge is 0.356 e. The Balaban J connectivity index is 1.45. The van der Waals surface area contributed by atoms with Crippen molar-refractivity contribution >= 4 is 21.7 Å². The molecule has 1 unspecified atom stereocenters. The number of carbonyl (C=O) groups is 2. The molecule has 0 spiro atoms. The quantitative estimate of drug-likeness (QED) is 0.816. The molecule has 4 rings (SSSR count). The number of hydrogen-bond acceptors (Lipinski definition) is 4. The zero-order chi connectivity index (χ0) is 19.8. The Morgan fingerprint density at radius 1 is 1.18 bits per heavy atom. The summed E-state index contributed by atoms with van der Waals surface area (Å²) in [5.74, 6) is 0.354. The van der Waals surface area contributed by atoms with E-state index in [1.807, 2.05) is 29.2 Å². The standard InChI is InChI=1S/C21H28N2O4S/c24-19(22-13-16-8-11-28(26,27)15-16)12-21(9-4-1-5-10-21)23-14-17-6-2-3-7-18(17)20(23)25/h2-3,6-7,16H,1,4-5,8-15H2,(H,22,24). The zero-order valence-electron chi connectivity index (χ0n) is 16.2. The second-order valence-electron chi connectivity index (χ2n) is 8.58. The predicted molar refractivity (Wildman–Crippen MR) is 107 cm³/mol. The normalized spacial score (nSPS) is 25.5. The molecular formula is C21H28N2O4S. The third kappa shape index (κ3) is 3.81. The number of sulfone groups is 1. The van der Waals surface area contributed by atoms with Gasteiger partial charge < -0.3 is 10.2 Å². The van der Waals surface area contributed by atoms with Crippen LogP contribution in [-0.2, 0) is 21.2 Å². The molecule has 0 bridgehead atoms. The second-order valence-corrected chi connectivity index (χ2v) is 10.8. The highest BCUT2D eigenvalue weighted by Gasteiger charge is 2.45. The molecule has 7 heteroatoms. The van der Waals surface area contributed by atoms with E-state index in [9.17, 15) is 18.0 Å². The lowest BCUT2D eigenvalue weighted by Crippen LogP contribution is -2.53. The first-order valence-electron chi connectivity index (χ1n) is 10.3. The first-order chi connectivity index (χ1) is 13.4. The van der Waals surface area contributed by atoms with Gasteiger partial charge in [0, 0.05) is 25.1 Å². The van der Waals surface area contributed by atoms with Crippen LogP contribution in [0.3, 0.4) is 0 Å². The zero-order valence-corrected chi connectivity index (χ0v) is 17.0. The fraction of sp³-hybridized carbons (Fsp3) is 0.619. The van der Waals surface area contributed by atoms with Crippen LogP contribution in [0.25, 0.3) is 0 Å². The first-order valence-corrected chi connectivity index (χ1v) is 12.1. The Bertz CT molecular complexity index is 874. The van der Waals surface area contributed by atoms with E-state index in [4.69, 9.17) is 0 Å². The fourth-order valence-corrected chi connectivity index (χ4v) is 6.90. The number of fused-ring (bicyclic) bond motifs is 1. The third-order valence-electron chi connectivity index (χ3n) is 6.58. The predicted octanol–water partition coefficient (Wildman–Crippen LogP) is 2.29. The van der Waals surface area contributed by atoms with Gasteiger partial charge in [-0.15, -0.1) is 0 Å². The molecule has 2 aliphatic heterocycles. The van der Waals surface area contributed by atoms with Crippen molar-refractivity contribution in [3.8, 4) is 0 Å². The van der Waals surface area contributed by atoms with Crippen LogP contribution in [0.5, 0.6) is 0 Å². The van der Waals surface area contributed by atoms with E-state index in [-0.39, 0.29) is 29.2 Å². The van der Waals surface area contributed by atoms with Crippen LogP contribution in [0, 0.1) is 5.92 Å². The highest BCUT2D eigenvalue weighted by Crippen LogP contribution is 2.41. The van der Waals surface area contributed by atoms with Crippen molar-refractivity contribution in [3.63, 3.8) is 0 Å². The van der Waals surface area contributed by atoms with Gasteiger partial charge in [0.1, 0.15) is 0 Å². The highest BCUT2D eigenvalue weighted by atomic mass is 32.2. The third-order valence-corrected chi connectivity index (χ3v) is 8.42. The summed E-state index contributed by atoms with van der Waals surface area (Å²) in [4.78, 5) is 27.7. The lowest BCUT2D eigenvalue weighted by atomic mass is 9.77. The summed E-state index contributed by atoms with van der Waals surface area (Å²) in [6, 6.07) is 7.70. The highest BCUT2D eigenvalue weighted by molar-refractivity contribution is 7.91. The first kappa shape index (κ1) is 19.4. The average molecular weight is 405 g/mol. The fourth-order valence-electron chi connectivity index (χ4n) is 5.04. The van der Waals surface area contributed by atoms with Crippen molar-refractivity contribution < 1.29 is 18.0 Å². The summed E-state index contributed by atoms with van der Waals surface area (Å²) in [6.07, 6.45) is 5.79. The van der Waals surface area contributed by atoms with Gasteiger partial charge in [-0.1, -0.05) is 37.5 Å². The van der Waals surface area contributed by atoms with Crippen molar-refractivity contribution in [1.82, 2.24) is 10.2 Å². The molecule has 1 aromatic carbocycles. The van der Waals surface area contributed by atoms with E-state index in [1.165, 1.54) is 0 Å². The second kappa shape index (κ2) is 7.50. The Morgan fingerprint density at radius 2 is 1.93 bits per heavy atom. The van der Waals surface area contributed by atoms with Gasteiger partial charge >= 0.3 is 0 Å². The topological polar surface area (TPSA) is 83.6 Å². The van der Waals surface area contributed by atoms with Gasteiger partial charge in [0.25, 0.3) is 5.91 Å². The Labute approximate surface area is 166 Å². The maximum Gasteiger partial charge on any atom is 0.254 e. The average Bonchev–Trinajstić information content (AvgIpc) is 3.21. The molecule has 2 fully saturated rings. The van der Waals surface area contributed by atoms with Gasteiger partial charge in [0.2, 0.25) is 5.91 Å². The van der Waals surface area contributed by atoms with E-state index in [0.29, 0.717) is 25.9 Å². The summed E-state index contributed by atoms with van der Waals surface area (Å²) in [5.41, 5.74) is 1.36. The Hall–Kier alpha value is -1.89. The Morgan fingerprint density at radius 3 is 2.61 bits per heavy atom. The summed E-state index contributed by atoms with van der Waals surface area (Å²) in [5, 5.41) is 2.95. The van der Waals surface area contributed by atoms with E-state index < -0.39 is 15.4 Å². The molecule has 2 amide bonds. The minimum absolute atomic E-state index is 0.00827. The molecule has 6 nitrogen and oxygen atoms in total. The van der Waals surface area contributed by atoms with Crippen molar-refractivity contribution in [3.05, 3.63) is 35.4 Å². The summed E-state index contributed by atoms with van der Waals surface area (Å²) < 4.78 is 23.2. The number of benzene rings is 1. The van der Waals surface area contributed by atoms with Gasteiger partial charge in [-0.05, 0) is 36.8 Å². The molecule has 1 aliphatic carbocycles. The van der Waals surface area contributed by atoms with Crippen LogP contribution in [0.1, 0.15) is 60.9 Å². The number of rotatable bonds is 5. The van der Waals surface area contributed by atoms with Crippen LogP contribution in [0.4, 0.5) is 0 Å². The lowest BCUT2D eigenvalue weighted by molar-refractivity contribution is -0.124. The van der Waals surface area contributed by atoms with E-state index in [2.05, 4.69) is 5.32 Å². The minimum Gasteiger partial charge on any atom is -0.356 e. The van der Waals surface area contributed by atoms with Crippen molar-refractivity contribution in [2.75, 3.05) is 18.1 Å². The summed E-state index contributed by atoms with van der Waals surface area (Å²) in [6.45, 7) is 0.978. The maximum absolute atomic E-state index is 13.0. The summed E-state index contributed by atoms with van der Waals surface area (Å²) >= 11 is 0. The van der Waals surface area contributed by atoms with Gasteiger partial charge in [-0.2, -0.15) is 0 Å². The number of carbonyl (C=O) groups excluding carboxylic acids is 2. The molecule has 1 atom stereocenters. The van der Waals surface area contributed by atoms with Crippen molar-refractivity contribution in [2.24, 2.45) is 5.92 Å². The van der Waals surface area contributed by atoms with E-state index in [0.717, 1.165) is 43.2 Å².